The Morgan fingerprint density at radius 2 is 1.65 bits per heavy atom. The van der Waals surface area contributed by atoms with Crippen LogP contribution < -0.4 is 5.32 Å². The van der Waals surface area contributed by atoms with E-state index < -0.39 is 0 Å². The van der Waals surface area contributed by atoms with Crippen LogP contribution in [0.4, 0.5) is 10.5 Å². The van der Waals surface area contributed by atoms with Gasteiger partial charge >= 0.3 is 6.03 Å². The van der Waals surface area contributed by atoms with E-state index in [2.05, 4.69) is 64.6 Å². The molecule has 0 atom stereocenters. The normalized spacial score (nSPS) is 11.3. The fraction of sp³-hybridized carbons (Fsp3) is 0.207. The second kappa shape index (κ2) is 9.91. The third-order valence-electron chi connectivity index (χ3n) is 6.23. The second-order valence-corrected chi connectivity index (χ2v) is 9.71. The summed E-state index contributed by atoms with van der Waals surface area (Å²) < 4.78 is 1.83. The Balaban J connectivity index is 1.50. The minimum absolute atomic E-state index is 0.166. The molecule has 0 aliphatic rings. The van der Waals surface area contributed by atoms with Crippen molar-refractivity contribution in [2.75, 3.05) is 33.5 Å². The van der Waals surface area contributed by atoms with Crippen LogP contribution in [-0.4, -0.2) is 63.8 Å². The first-order chi connectivity index (χ1) is 17.8. The van der Waals surface area contributed by atoms with Gasteiger partial charge in [-0.25, -0.2) is 9.78 Å². The first-order valence-electron chi connectivity index (χ1n) is 12.1. The lowest BCUT2D eigenvalue weighted by atomic mass is 10.00. The molecule has 0 unspecified atom stereocenters. The number of benzene rings is 2. The number of carbonyl (C=O) groups excluding carboxylic acids is 1. The minimum atomic E-state index is -0.166. The number of H-pyrrole nitrogens is 1. The highest BCUT2D eigenvalue weighted by Crippen LogP contribution is 2.36. The van der Waals surface area contributed by atoms with Crippen LogP contribution >= 0.6 is 0 Å². The number of urea groups is 1. The quantitative estimate of drug-likeness (QED) is 0.329. The number of amides is 2. The third kappa shape index (κ3) is 5.10. The molecule has 8 heteroatoms. The molecule has 37 heavy (non-hydrogen) atoms. The van der Waals surface area contributed by atoms with E-state index in [0.717, 1.165) is 56.9 Å². The van der Waals surface area contributed by atoms with E-state index in [1.807, 2.05) is 54.5 Å². The molecule has 2 aromatic carbocycles. The summed E-state index contributed by atoms with van der Waals surface area (Å²) in [6.07, 6.45) is 3.86. The van der Waals surface area contributed by atoms with Crippen LogP contribution in [-0.2, 0) is 13.6 Å². The van der Waals surface area contributed by atoms with E-state index >= 15 is 0 Å². The molecule has 5 rings (SSSR count). The lowest BCUT2D eigenvalue weighted by molar-refractivity contribution is 0.230. The van der Waals surface area contributed by atoms with Gasteiger partial charge in [-0.05, 0) is 55.1 Å². The van der Waals surface area contributed by atoms with Gasteiger partial charge in [0.2, 0.25) is 0 Å². The number of anilines is 1. The van der Waals surface area contributed by atoms with Gasteiger partial charge < -0.3 is 20.1 Å². The maximum Gasteiger partial charge on any atom is 0.321 e. The Bertz CT molecular complexity index is 1540. The van der Waals surface area contributed by atoms with Crippen molar-refractivity contribution in [2.24, 2.45) is 7.05 Å². The zero-order chi connectivity index (χ0) is 26.1. The maximum atomic E-state index is 12.0. The molecule has 0 radical (unpaired) electrons. The van der Waals surface area contributed by atoms with Crippen molar-refractivity contribution in [1.82, 2.24) is 29.5 Å². The third-order valence-corrected chi connectivity index (χ3v) is 6.23. The average Bonchev–Trinajstić information content (AvgIpc) is 3.48. The molecular weight excluding hydrogens is 462 g/mol. The van der Waals surface area contributed by atoms with Crippen LogP contribution in [0.2, 0.25) is 0 Å². The highest BCUT2D eigenvalue weighted by molar-refractivity contribution is 5.99. The van der Waals surface area contributed by atoms with Crippen LogP contribution in [0, 0.1) is 0 Å². The summed E-state index contributed by atoms with van der Waals surface area (Å²) in [6, 6.07) is 20.4. The van der Waals surface area contributed by atoms with Gasteiger partial charge in [0.05, 0.1) is 0 Å². The van der Waals surface area contributed by atoms with Gasteiger partial charge in [0, 0.05) is 68.0 Å². The Kier molecular flexibility index (Phi) is 6.50. The van der Waals surface area contributed by atoms with Gasteiger partial charge in [0.25, 0.3) is 0 Å². The standard InChI is InChI=1S/C29H31N7O/c1-34(2)17-19-6-8-20(9-7-19)26-16-24-23(14-15-30-28(24)32-26)25-18-36(5)33-27(25)21-10-12-22(13-11-21)31-29(37)35(3)4/h6-16,18H,17H2,1-5H3,(H,30,32)(H,31,37). The van der Waals surface area contributed by atoms with Gasteiger partial charge in [-0.1, -0.05) is 36.4 Å². The summed E-state index contributed by atoms with van der Waals surface area (Å²) in [6.45, 7) is 0.908. The smallest absolute Gasteiger partial charge is 0.321 e. The lowest BCUT2D eigenvalue weighted by Gasteiger charge is -2.12. The van der Waals surface area contributed by atoms with Gasteiger partial charge in [0.1, 0.15) is 11.3 Å². The molecule has 0 saturated carbocycles. The van der Waals surface area contributed by atoms with Crippen molar-refractivity contribution in [3.63, 3.8) is 0 Å². The first kappa shape index (κ1) is 24.3. The van der Waals surface area contributed by atoms with E-state index in [1.54, 1.807) is 14.1 Å². The van der Waals surface area contributed by atoms with Crippen LogP contribution in [0.15, 0.2) is 73.1 Å². The molecule has 8 nitrogen and oxygen atoms in total. The van der Waals surface area contributed by atoms with Crippen molar-refractivity contribution in [3.8, 4) is 33.6 Å². The number of fused-ring (bicyclic) bond motifs is 1. The molecule has 0 bridgehead atoms. The summed E-state index contributed by atoms with van der Waals surface area (Å²) in [4.78, 5) is 23.7. The first-order valence-corrected chi connectivity index (χ1v) is 12.1. The molecule has 2 amide bonds. The molecule has 0 spiro atoms. The fourth-order valence-electron chi connectivity index (χ4n) is 4.42. The maximum absolute atomic E-state index is 12.0. The molecule has 3 aromatic heterocycles. The van der Waals surface area contributed by atoms with E-state index in [9.17, 15) is 4.79 Å². The zero-order valence-electron chi connectivity index (χ0n) is 21.8. The molecule has 0 saturated heterocycles. The SMILES string of the molecule is CN(C)Cc1ccc(-c2cc3c(-c4cn(C)nc4-c4ccc(NC(=O)N(C)C)cc4)ccnc3[nH]2)cc1. The van der Waals surface area contributed by atoms with E-state index in [4.69, 9.17) is 5.10 Å². The highest BCUT2D eigenvalue weighted by atomic mass is 16.2. The van der Waals surface area contributed by atoms with E-state index in [-0.39, 0.29) is 6.03 Å². The Morgan fingerprint density at radius 3 is 2.32 bits per heavy atom. The number of carbonyl (C=O) groups is 1. The van der Waals surface area contributed by atoms with Crippen molar-refractivity contribution in [2.45, 2.75) is 6.54 Å². The molecular formula is C29H31N7O. The summed E-state index contributed by atoms with van der Waals surface area (Å²) >= 11 is 0. The van der Waals surface area contributed by atoms with Crippen molar-refractivity contribution in [3.05, 3.63) is 78.6 Å². The summed E-state index contributed by atoms with van der Waals surface area (Å²) in [7, 11) is 9.50. The van der Waals surface area contributed by atoms with Crippen LogP contribution in [0.25, 0.3) is 44.7 Å². The highest BCUT2D eigenvalue weighted by Gasteiger charge is 2.17. The summed E-state index contributed by atoms with van der Waals surface area (Å²) in [5, 5.41) is 8.68. The number of hydrogen-bond acceptors (Lipinski definition) is 4. The van der Waals surface area contributed by atoms with Gasteiger partial charge in [-0.15, -0.1) is 0 Å². The van der Waals surface area contributed by atoms with Gasteiger partial charge in [-0.2, -0.15) is 5.10 Å². The monoisotopic (exact) mass is 493 g/mol. The van der Waals surface area contributed by atoms with Crippen LogP contribution in [0.3, 0.4) is 0 Å². The molecule has 2 N–H and O–H groups in total. The Morgan fingerprint density at radius 1 is 0.946 bits per heavy atom. The van der Waals surface area contributed by atoms with E-state index in [0.29, 0.717) is 0 Å². The molecule has 0 aliphatic carbocycles. The number of hydrogen-bond donors (Lipinski definition) is 2. The number of aromatic amines is 1. The van der Waals surface area contributed by atoms with Crippen molar-refractivity contribution < 1.29 is 4.79 Å². The summed E-state index contributed by atoms with van der Waals surface area (Å²) in [5.74, 6) is 0. The number of pyridine rings is 1. The Labute approximate surface area is 216 Å². The zero-order valence-corrected chi connectivity index (χ0v) is 21.8. The number of aryl methyl sites for hydroxylation is 1. The average molecular weight is 494 g/mol. The second-order valence-electron chi connectivity index (χ2n) is 9.71. The predicted molar refractivity (Wildman–Crippen MR) is 149 cm³/mol. The number of aromatic nitrogens is 4. The van der Waals surface area contributed by atoms with Crippen molar-refractivity contribution in [1.29, 1.82) is 0 Å². The van der Waals surface area contributed by atoms with Gasteiger partial charge in [0.15, 0.2) is 0 Å². The molecule has 5 aromatic rings. The van der Waals surface area contributed by atoms with Crippen molar-refractivity contribution >= 4 is 22.8 Å². The fourth-order valence-corrected chi connectivity index (χ4v) is 4.42. The topological polar surface area (TPSA) is 82.1 Å². The molecule has 0 aliphatic heterocycles. The van der Waals surface area contributed by atoms with Crippen LogP contribution in [0.1, 0.15) is 5.56 Å². The number of nitrogens with one attached hydrogen (secondary N) is 2. The predicted octanol–water partition coefficient (Wildman–Crippen LogP) is 5.45. The largest absolute Gasteiger partial charge is 0.339 e. The molecule has 188 valence electrons. The van der Waals surface area contributed by atoms with Gasteiger partial charge in [-0.3, -0.25) is 4.68 Å². The Hall–Kier alpha value is -4.43. The molecule has 0 fully saturated rings. The molecule has 3 heterocycles. The summed E-state index contributed by atoms with van der Waals surface area (Å²) in [5.41, 5.74) is 8.91. The lowest BCUT2D eigenvalue weighted by Crippen LogP contribution is -2.27. The number of nitrogens with zero attached hydrogens (tertiary/aromatic N) is 5. The van der Waals surface area contributed by atoms with E-state index in [1.165, 1.54) is 10.5 Å². The minimum Gasteiger partial charge on any atom is -0.339 e. The number of rotatable bonds is 6. The van der Waals surface area contributed by atoms with Crippen LogP contribution in [0.5, 0.6) is 0 Å².